The summed E-state index contributed by atoms with van der Waals surface area (Å²) in [7, 11) is 0. The lowest BCUT2D eigenvalue weighted by Crippen LogP contribution is -2.40. The van der Waals surface area contributed by atoms with Gasteiger partial charge in [-0.05, 0) is 99.3 Å². The Morgan fingerprint density at radius 1 is 0.583 bits per heavy atom. The minimum absolute atomic E-state index is 0.0747. The van der Waals surface area contributed by atoms with E-state index in [1.165, 1.54) is 0 Å². The van der Waals surface area contributed by atoms with Crippen molar-refractivity contribution in [2.24, 2.45) is 11.8 Å². The molecule has 4 N–H and O–H groups in total. The number of rotatable bonds is 8. The molecule has 0 radical (unpaired) electrons. The van der Waals surface area contributed by atoms with Gasteiger partial charge in [0.05, 0.1) is 0 Å². The Balaban J connectivity index is 0.000000360. The van der Waals surface area contributed by atoms with E-state index in [-0.39, 0.29) is 59.6 Å². The zero-order valence-electron chi connectivity index (χ0n) is 23.2. The van der Waals surface area contributed by atoms with Crippen molar-refractivity contribution in [1.29, 1.82) is 0 Å². The Morgan fingerprint density at radius 2 is 0.889 bits per heavy atom. The molecule has 0 aliphatic heterocycles. The molecule has 36 heavy (non-hydrogen) atoms. The number of carbonyl (C=O) groups excluding carboxylic acids is 4. The molecule has 0 bridgehead atoms. The molecule has 0 heterocycles. The summed E-state index contributed by atoms with van der Waals surface area (Å²) >= 11 is 0. The van der Waals surface area contributed by atoms with E-state index in [2.05, 4.69) is 21.3 Å². The molecule has 8 nitrogen and oxygen atoms in total. The normalized spacial score (nSPS) is 17.3. The Labute approximate surface area is 216 Å². The zero-order chi connectivity index (χ0) is 27.4. The highest BCUT2D eigenvalue weighted by molar-refractivity contribution is 5.99. The van der Waals surface area contributed by atoms with Crippen LogP contribution < -0.4 is 21.3 Å². The molecule has 1 aliphatic rings. The summed E-state index contributed by atoms with van der Waals surface area (Å²) in [6.07, 6.45) is 3.31. The van der Waals surface area contributed by atoms with Crippen LogP contribution in [0.5, 0.6) is 0 Å². The molecule has 1 fully saturated rings. The number of benzene rings is 1. The van der Waals surface area contributed by atoms with Gasteiger partial charge in [-0.2, -0.15) is 0 Å². The van der Waals surface area contributed by atoms with Gasteiger partial charge < -0.3 is 21.3 Å². The van der Waals surface area contributed by atoms with E-state index in [0.29, 0.717) is 11.1 Å². The number of nitrogens with one attached hydrogen (secondary N) is 4. The predicted octanol–water partition coefficient (Wildman–Crippen LogP) is 3.81. The molecule has 4 amide bonds. The molecule has 0 spiro atoms. The fourth-order valence-electron chi connectivity index (χ4n) is 3.92. The van der Waals surface area contributed by atoms with Gasteiger partial charge in [0.1, 0.15) is 0 Å². The van der Waals surface area contributed by atoms with Gasteiger partial charge >= 0.3 is 0 Å². The van der Waals surface area contributed by atoms with Gasteiger partial charge in [-0.15, -0.1) is 0 Å². The number of hydrogen-bond donors (Lipinski definition) is 4. The third-order valence-electron chi connectivity index (χ3n) is 5.56. The Hall–Kier alpha value is -2.90. The van der Waals surface area contributed by atoms with Crippen molar-refractivity contribution in [2.45, 2.75) is 105 Å². The lowest BCUT2D eigenvalue weighted by atomic mass is 9.81. The molecule has 0 atom stereocenters. The minimum atomic E-state index is -0.163. The highest BCUT2D eigenvalue weighted by atomic mass is 16.2. The van der Waals surface area contributed by atoms with E-state index >= 15 is 0 Å². The SMILES string of the molecule is CC(C)NC(=O)C1CCC(C(=O)NC(C)C)CC1.CC(C)NC(=O)c1cccc(C(=O)NC(C)C)c1. The van der Waals surface area contributed by atoms with E-state index in [9.17, 15) is 19.2 Å². The number of amides is 4. The maximum Gasteiger partial charge on any atom is 0.251 e. The van der Waals surface area contributed by atoms with Crippen molar-refractivity contribution in [3.8, 4) is 0 Å². The van der Waals surface area contributed by atoms with E-state index in [4.69, 9.17) is 0 Å². The molecule has 1 saturated carbocycles. The first-order valence-corrected chi connectivity index (χ1v) is 13.1. The molecule has 202 valence electrons. The van der Waals surface area contributed by atoms with E-state index in [1.54, 1.807) is 24.3 Å². The van der Waals surface area contributed by atoms with Gasteiger partial charge in [-0.3, -0.25) is 19.2 Å². The average Bonchev–Trinajstić information content (AvgIpc) is 2.78. The van der Waals surface area contributed by atoms with Gasteiger partial charge in [0.2, 0.25) is 11.8 Å². The van der Waals surface area contributed by atoms with Gasteiger partial charge in [0, 0.05) is 47.1 Å². The lowest BCUT2D eigenvalue weighted by molar-refractivity contribution is -0.131. The van der Waals surface area contributed by atoms with Crippen LogP contribution in [0.25, 0.3) is 0 Å². The van der Waals surface area contributed by atoms with E-state index in [1.807, 2.05) is 55.4 Å². The summed E-state index contributed by atoms with van der Waals surface area (Å²) in [6.45, 7) is 15.5. The first-order chi connectivity index (χ1) is 16.8. The van der Waals surface area contributed by atoms with Crippen molar-refractivity contribution in [2.75, 3.05) is 0 Å². The van der Waals surface area contributed by atoms with Crippen LogP contribution in [0.1, 0.15) is 102 Å². The van der Waals surface area contributed by atoms with Crippen LogP contribution in [0.15, 0.2) is 24.3 Å². The summed E-state index contributed by atoms with van der Waals surface area (Å²) in [5.74, 6) is 0.153. The highest BCUT2D eigenvalue weighted by Crippen LogP contribution is 2.29. The van der Waals surface area contributed by atoms with E-state index < -0.39 is 0 Å². The highest BCUT2D eigenvalue weighted by Gasteiger charge is 2.30. The first-order valence-electron chi connectivity index (χ1n) is 13.1. The second kappa shape index (κ2) is 15.3. The quantitative estimate of drug-likeness (QED) is 0.433. The molecule has 1 aromatic carbocycles. The molecule has 0 aromatic heterocycles. The predicted molar refractivity (Wildman–Crippen MR) is 144 cm³/mol. The summed E-state index contributed by atoms with van der Waals surface area (Å²) in [6, 6.07) is 7.25. The number of carbonyl (C=O) groups is 4. The molecular weight excluding hydrogens is 456 g/mol. The first kappa shape index (κ1) is 31.1. The Morgan fingerprint density at radius 3 is 1.17 bits per heavy atom. The third kappa shape index (κ3) is 11.7. The second-order valence-electron chi connectivity index (χ2n) is 10.7. The van der Waals surface area contributed by atoms with Crippen molar-refractivity contribution < 1.29 is 19.2 Å². The molecule has 0 unspecified atom stereocenters. The largest absolute Gasteiger partial charge is 0.354 e. The summed E-state index contributed by atoms with van der Waals surface area (Å²) in [4.78, 5) is 47.3. The number of hydrogen-bond acceptors (Lipinski definition) is 4. The van der Waals surface area contributed by atoms with Gasteiger partial charge in [-0.25, -0.2) is 0 Å². The fraction of sp³-hybridized carbons (Fsp3) is 0.643. The topological polar surface area (TPSA) is 116 Å². The summed E-state index contributed by atoms with van der Waals surface area (Å²) in [5.41, 5.74) is 1.00. The Bertz CT molecular complexity index is 805. The zero-order valence-corrected chi connectivity index (χ0v) is 23.2. The molecule has 2 rings (SSSR count). The van der Waals surface area contributed by atoms with Crippen LogP contribution in [-0.4, -0.2) is 47.8 Å². The molecule has 1 aromatic rings. The van der Waals surface area contributed by atoms with Crippen molar-refractivity contribution in [1.82, 2.24) is 21.3 Å². The molecule has 8 heteroatoms. The van der Waals surface area contributed by atoms with Crippen LogP contribution in [0, 0.1) is 11.8 Å². The van der Waals surface area contributed by atoms with Crippen LogP contribution >= 0.6 is 0 Å². The van der Waals surface area contributed by atoms with Crippen molar-refractivity contribution >= 4 is 23.6 Å². The minimum Gasteiger partial charge on any atom is -0.354 e. The summed E-state index contributed by atoms with van der Waals surface area (Å²) in [5, 5.41) is 11.5. The van der Waals surface area contributed by atoms with Crippen molar-refractivity contribution in [3.05, 3.63) is 35.4 Å². The average molecular weight is 503 g/mol. The van der Waals surface area contributed by atoms with Crippen LogP contribution in [-0.2, 0) is 9.59 Å². The third-order valence-corrected chi connectivity index (χ3v) is 5.56. The standard InChI is InChI=1S/C14H26N2O2.C14H20N2O2/c1-9(2)15-13(17)11-5-7-12(8-6-11)14(18)16-10(3)4;1-9(2)15-13(17)11-6-5-7-12(8-11)14(18)16-10(3)4/h9-12H,5-8H2,1-4H3,(H,15,17)(H,16,18);5-10H,1-4H3,(H,15,17)(H,16,18). The molecule has 1 aliphatic carbocycles. The molecular formula is C28H46N4O4. The van der Waals surface area contributed by atoms with Crippen molar-refractivity contribution in [3.63, 3.8) is 0 Å². The maximum atomic E-state index is 11.9. The fourth-order valence-corrected chi connectivity index (χ4v) is 3.92. The van der Waals surface area contributed by atoms with E-state index in [0.717, 1.165) is 25.7 Å². The van der Waals surface area contributed by atoms with Crippen LogP contribution in [0.2, 0.25) is 0 Å². The van der Waals surface area contributed by atoms with Crippen LogP contribution in [0.3, 0.4) is 0 Å². The smallest absolute Gasteiger partial charge is 0.251 e. The van der Waals surface area contributed by atoms with Gasteiger partial charge in [-0.1, -0.05) is 6.07 Å². The molecule has 0 saturated heterocycles. The lowest BCUT2D eigenvalue weighted by Gasteiger charge is -2.28. The monoisotopic (exact) mass is 502 g/mol. The maximum absolute atomic E-state index is 11.9. The van der Waals surface area contributed by atoms with Gasteiger partial charge in [0.15, 0.2) is 0 Å². The second-order valence-corrected chi connectivity index (χ2v) is 10.7. The van der Waals surface area contributed by atoms with Gasteiger partial charge in [0.25, 0.3) is 11.8 Å². The van der Waals surface area contributed by atoms with Crippen LogP contribution in [0.4, 0.5) is 0 Å². The Kier molecular flexibility index (Phi) is 13.2. The summed E-state index contributed by atoms with van der Waals surface area (Å²) < 4.78 is 0.